The Hall–Kier alpha value is -1.95. The van der Waals surface area contributed by atoms with Crippen LogP contribution in [0.5, 0.6) is 0 Å². The minimum absolute atomic E-state index is 0.0166. The molecular formula is C42H70NO3S+. The van der Waals surface area contributed by atoms with Gasteiger partial charge in [0.25, 0.3) is 10.1 Å². The molecule has 0 bridgehead atoms. The molecule has 0 heterocycles. The predicted octanol–water partition coefficient (Wildman–Crippen LogP) is 12.5. The molecule has 0 aliphatic rings. The fourth-order valence-corrected chi connectivity index (χ4v) is 7.64. The molecule has 0 spiro atoms. The summed E-state index contributed by atoms with van der Waals surface area (Å²) in [6.07, 6.45) is 22.4. The third-order valence-corrected chi connectivity index (χ3v) is 10.9. The van der Waals surface area contributed by atoms with E-state index in [-0.39, 0.29) is 4.90 Å². The number of nitrogens with zero attached hydrogens (tertiary/aromatic N) is 1. The van der Waals surface area contributed by atoms with E-state index < -0.39 is 10.1 Å². The van der Waals surface area contributed by atoms with Crippen LogP contribution in [0.4, 0.5) is 0 Å². The van der Waals surface area contributed by atoms with Gasteiger partial charge in [-0.25, -0.2) is 0 Å². The number of rotatable bonds is 23. The molecule has 3 rings (SSSR count). The average Bonchev–Trinajstić information content (AvgIpc) is 3.08. The first-order valence-electron chi connectivity index (χ1n) is 19.5. The van der Waals surface area contributed by atoms with Crippen molar-refractivity contribution >= 4 is 31.7 Å². The van der Waals surface area contributed by atoms with Crippen LogP contribution in [0, 0.1) is 0 Å². The number of unbranched alkanes of at least 4 members (excludes halogenated alkanes) is 10. The van der Waals surface area contributed by atoms with Crippen LogP contribution < -0.4 is 0 Å². The fourth-order valence-electron chi connectivity index (χ4n) is 7.14. The van der Waals surface area contributed by atoms with Gasteiger partial charge in [0.05, 0.1) is 31.1 Å². The smallest absolute Gasteiger partial charge is 0.294 e. The van der Waals surface area contributed by atoms with Crippen LogP contribution in [-0.2, 0) is 23.0 Å². The molecule has 47 heavy (non-hydrogen) atoms. The summed E-state index contributed by atoms with van der Waals surface area (Å²) in [5.41, 5.74) is 2.51. The van der Waals surface area contributed by atoms with Gasteiger partial charge in [0.2, 0.25) is 0 Å². The molecule has 3 aromatic rings. The summed E-state index contributed by atoms with van der Waals surface area (Å²) in [6, 6.07) is 13.7. The number of fused-ring (bicyclic) bond motifs is 2. The molecule has 0 aromatic heterocycles. The molecule has 0 amide bonds. The normalized spacial score (nSPS) is 12.1. The van der Waals surface area contributed by atoms with E-state index in [2.05, 4.69) is 65.8 Å². The summed E-state index contributed by atoms with van der Waals surface area (Å²) < 4.78 is 34.7. The Kier molecular flexibility index (Phi) is 19.9. The van der Waals surface area contributed by atoms with Crippen molar-refractivity contribution in [1.82, 2.24) is 0 Å². The van der Waals surface area contributed by atoms with Crippen molar-refractivity contribution in [1.29, 1.82) is 0 Å². The number of benzene rings is 3. The summed E-state index contributed by atoms with van der Waals surface area (Å²) in [5, 5.41) is 4.61. The highest BCUT2D eigenvalue weighted by molar-refractivity contribution is 7.85. The van der Waals surface area contributed by atoms with Gasteiger partial charge in [-0.2, -0.15) is 8.42 Å². The van der Waals surface area contributed by atoms with Gasteiger partial charge in [-0.15, -0.1) is 0 Å². The highest BCUT2D eigenvalue weighted by Gasteiger charge is 2.24. The molecule has 0 atom stereocenters. The Balaban J connectivity index is 0.000000387. The van der Waals surface area contributed by atoms with Gasteiger partial charge in [-0.05, 0) is 96.2 Å². The van der Waals surface area contributed by atoms with Crippen LogP contribution in [0.25, 0.3) is 21.5 Å². The maximum absolute atomic E-state index is 11.8. The maximum atomic E-state index is 11.8. The Labute approximate surface area is 290 Å². The summed E-state index contributed by atoms with van der Waals surface area (Å²) in [5.74, 6) is 0. The van der Waals surface area contributed by atoms with Gasteiger partial charge >= 0.3 is 0 Å². The lowest BCUT2D eigenvalue weighted by Gasteiger charge is -2.39. The van der Waals surface area contributed by atoms with Gasteiger partial charge in [0.15, 0.2) is 0 Å². The van der Waals surface area contributed by atoms with Crippen molar-refractivity contribution in [3.05, 3.63) is 53.6 Å². The minimum atomic E-state index is -4.23. The molecule has 5 heteroatoms. The van der Waals surface area contributed by atoms with Crippen LogP contribution in [0.1, 0.15) is 155 Å². The highest BCUT2D eigenvalue weighted by atomic mass is 32.2. The summed E-state index contributed by atoms with van der Waals surface area (Å²) in [7, 11) is -4.23. The topological polar surface area (TPSA) is 54.4 Å². The molecule has 3 aromatic carbocycles. The standard InChI is InChI=1S/C26H34O3S.C16H36N/c1-3-5-7-9-13-23-21-15-11-12-16-22(21)24(14-10-8-6-4-2)26-19-20(30(27,28)29)17-18-25(23)26;1-5-9-13-17(14-10-6-2,15-11-7-3)16-12-8-4/h11-12,15-19H,3-10,13-14H2,1-2H3,(H,27,28,29);5-16H2,1-4H3/q;+1. The lowest BCUT2D eigenvalue weighted by Crippen LogP contribution is -2.50. The monoisotopic (exact) mass is 669 g/mol. The second-order valence-electron chi connectivity index (χ2n) is 14.0. The Morgan fingerprint density at radius 2 is 0.872 bits per heavy atom. The number of hydrogen-bond acceptors (Lipinski definition) is 2. The van der Waals surface area contributed by atoms with Crippen molar-refractivity contribution < 1.29 is 17.5 Å². The second-order valence-corrected chi connectivity index (χ2v) is 15.4. The first kappa shape index (κ1) is 41.2. The zero-order chi connectivity index (χ0) is 34.5. The molecule has 0 aliphatic carbocycles. The van der Waals surface area contributed by atoms with E-state index in [1.54, 1.807) is 12.1 Å². The van der Waals surface area contributed by atoms with Gasteiger partial charge in [0, 0.05) is 0 Å². The SMILES string of the molecule is CCCCCCc1c2ccccc2c(CCCCCC)c2cc(S(=O)(=O)O)ccc12.CCCC[N+](CCCC)(CCCC)CCCC. The number of quaternary nitrogens is 1. The van der Waals surface area contributed by atoms with Gasteiger partial charge in [-0.3, -0.25) is 4.55 Å². The van der Waals surface area contributed by atoms with Crippen molar-refractivity contribution in [2.45, 2.75) is 162 Å². The van der Waals surface area contributed by atoms with E-state index >= 15 is 0 Å². The van der Waals surface area contributed by atoms with E-state index in [0.29, 0.717) is 0 Å². The minimum Gasteiger partial charge on any atom is -0.324 e. The Morgan fingerprint density at radius 3 is 1.26 bits per heavy atom. The average molecular weight is 669 g/mol. The predicted molar refractivity (Wildman–Crippen MR) is 206 cm³/mol. The van der Waals surface area contributed by atoms with Crippen molar-refractivity contribution in [3.63, 3.8) is 0 Å². The molecule has 266 valence electrons. The fraction of sp³-hybridized carbons (Fsp3) is 0.667. The van der Waals surface area contributed by atoms with E-state index in [4.69, 9.17) is 0 Å². The van der Waals surface area contributed by atoms with Gasteiger partial charge in [0.1, 0.15) is 0 Å². The van der Waals surface area contributed by atoms with E-state index in [1.807, 2.05) is 6.07 Å². The lowest BCUT2D eigenvalue weighted by molar-refractivity contribution is -0.929. The maximum Gasteiger partial charge on any atom is 0.294 e. The Morgan fingerprint density at radius 1 is 0.489 bits per heavy atom. The molecular weight excluding hydrogens is 599 g/mol. The van der Waals surface area contributed by atoms with E-state index in [9.17, 15) is 13.0 Å². The van der Waals surface area contributed by atoms with Gasteiger partial charge in [-0.1, -0.05) is 136 Å². The number of hydrogen-bond donors (Lipinski definition) is 1. The molecule has 0 saturated heterocycles. The summed E-state index contributed by atoms with van der Waals surface area (Å²) in [6.45, 7) is 19.4. The lowest BCUT2D eigenvalue weighted by atomic mass is 9.87. The zero-order valence-corrected chi connectivity index (χ0v) is 32.0. The second kappa shape index (κ2) is 22.6. The first-order chi connectivity index (χ1) is 22.7. The van der Waals surface area contributed by atoms with Crippen LogP contribution >= 0.6 is 0 Å². The Bertz CT molecular complexity index is 1360. The molecule has 0 aliphatic heterocycles. The molecule has 0 unspecified atom stereocenters. The van der Waals surface area contributed by atoms with Gasteiger partial charge < -0.3 is 4.48 Å². The van der Waals surface area contributed by atoms with Crippen LogP contribution in [0.2, 0.25) is 0 Å². The molecule has 0 fully saturated rings. The van der Waals surface area contributed by atoms with Crippen molar-refractivity contribution in [2.75, 3.05) is 26.2 Å². The zero-order valence-electron chi connectivity index (χ0n) is 31.2. The highest BCUT2D eigenvalue weighted by Crippen LogP contribution is 2.36. The van der Waals surface area contributed by atoms with E-state index in [1.165, 1.54) is 142 Å². The largest absolute Gasteiger partial charge is 0.324 e. The molecule has 1 N–H and O–H groups in total. The summed E-state index contributed by atoms with van der Waals surface area (Å²) in [4.78, 5) is -0.0166. The summed E-state index contributed by atoms with van der Waals surface area (Å²) >= 11 is 0. The molecule has 0 radical (unpaired) electrons. The first-order valence-corrected chi connectivity index (χ1v) is 20.9. The van der Waals surface area contributed by atoms with Crippen molar-refractivity contribution in [2.24, 2.45) is 0 Å². The third-order valence-electron chi connectivity index (χ3n) is 10.0. The van der Waals surface area contributed by atoms with Crippen LogP contribution in [0.15, 0.2) is 47.4 Å². The van der Waals surface area contributed by atoms with Crippen LogP contribution in [0.3, 0.4) is 0 Å². The van der Waals surface area contributed by atoms with E-state index in [0.717, 1.165) is 36.5 Å². The third kappa shape index (κ3) is 13.5. The molecule has 4 nitrogen and oxygen atoms in total. The number of aryl methyl sites for hydroxylation is 2. The van der Waals surface area contributed by atoms with Crippen LogP contribution in [-0.4, -0.2) is 43.6 Å². The van der Waals surface area contributed by atoms with Crippen molar-refractivity contribution in [3.8, 4) is 0 Å². The molecule has 0 saturated carbocycles. The quantitative estimate of drug-likeness (QED) is 0.0473.